The first-order valence-electron chi connectivity index (χ1n) is 10.3. The molecule has 7 nitrogen and oxygen atoms in total. The van der Waals surface area contributed by atoms with Gasteiger partial charge in [0.25, 0.3) is 11.8 Å². The van der Waals surface area contributed by atoms with Crippen molar-refractivity contribution in [3.63, 3.8) is 0 Å². The predicted octanol–water partition coefficient (Wildman–Crippen LogP) is 4.35. The van der Waals surface area contributed by atoms with Crippen LogP contribution in [0.25, 0.3) is 0 Å². The molecule has 0 bridgehead atoms. The Labute approximate surface area is 192 Å². The molecule has 7 heteroatoms. The maximum absolute atomic E-state index is 13.0. The summed E-state index contributed by atoms with van der Waals surface area (Å²) in [5, 5.41) is 2.64. The topological polar surface area (TPSA) is 92.8 Å². The average molecular weight is 444 g/mol. The molecule has 0 saturated carbocycles. The first-order chi connectivity index (χ1) is 15.8. The molecule has 0 spiro atoms. The number of hydrogen-bond donors (Lipinski definition) is 1. The highest BCUT2D eigenvalue weighted by Gasteiger charge is 2.24. The monoisotopic (exact) mass is 444 g/mol. The number of Topliss-reactive ketones (excluding diaryl/α,β-unsaturated/α-hetero) is 1. The molecule has 33 heavy (non-hydrogen) atoms. The number of nitrogens with one attached hydrogen (secondary N) is 1. The minimum atomic E-state index is -1.11. The maximum Gasteiger partial charge on any atom is 0.339 e. The van der Waals surface area contributed by atoms with Crippen molar-refractivity contribution in [3.05, 3.63) is 95.6 Å². The number of rotatable bonds is 7. The van der Waals surface area contributed by atoms with Gasteiger partial charge < -0.3 is 15.0 Å². The van der Waals surface area contributed by atoms with Crippen LogP contribution in [0.3, 0.4) is 0 Å². The summed E-state index contributed by atoms with van der Waals surface area (Å²) in [6.45, 7) is 2.90. The lowest BCUT2D eigenvalue weighted by molar-refractivity contribution is -0.123. The molecule has 1 N–H and O–H groups in total. The second kappa shape index (κ2) is 10.4. The fourth-order valence-electron chi connectivity index (χ4n) is 3.11. The third-order valence-corrected chi connectivity index (χ3v) is 5.04. The van der Waals surface area contributed by atoms with Gasteiger partial charge in [-0.05, 0) is 62.4 Å². The zero-order valence-electron chi connectivity index (χ0n) is 18.6. The second-order valence-corrected chi connectivity index (χ2v) is 7.42. The fourth-order valence-corrected chi connectivity index (χ4v) is 3.11. The summed E-state index contributed by atoms with van der Waals surface area (Å²) in [6.07, 6.45) is -1.11. The van der Waals surface area contributed by atoms with E-state index in [4.69, 9.17) is 4.74 Å². The Kier molecular flexibility index (Phi) is 7.35. The first kappa shape index (κ1) is 23.4. The molecule has 3 aromatic carbocycles. The van der Waals surface area contributed by atoms with Crippen LogP contribution in [-0.2, 0) is 9.53 Å². The molecule has 0 aromatic heterocycles. The summed E-state index contributed by atoms with van der Waals surface area (Å²) < 4.78 is 5.33. The van der Waals surface area contributed by atoms with E-state index in [9.17, 15) is 19.2 Å². The van der Waals surface area contributed by atoms with Crippen LogP contribution in [0.2, 0.25) is 0 Å². The standard InChI is InChI=1S/C26H24N2O5/c1-17(29)19-13-15-20(16-14-19)27-24(30)18(2)33-26(32)23-12-8-7-11-22(23)25(31)28(3)21-9-5-4-6-10-21/h4-16,18H,1-3H3,(H,27,30). The van der Waals surface area contributed by atoms with Crippen LogP contribution in [0.5, 0.6) is 0 Å². The summed E-state index contributed by atoms with van der Waals surface area (Å²) in [5.74, 6) is -1.78. The number of ketones is 1. The molecule has 2 amide bonds. The Balaban J connectivity index is 1.70. The van der Waals surface area contributed by atoms with Crippen molar-refractivity contribution >= 4 is 34.9 Å². The second-order valence-electron chi connectivity index (χ2n) is 7.42. The zero-order valence-corrected chi connectivity index (χ0v) is 18.6. The molecule has 0 aliphatic carbocycles. The lowest BCUT2D eigenvalue weighted by atomic mass is 10.1. The Morgan fingerprint density at radius 1 is 0.818 bits per heavy atom. The summed E-state index contributed by atoms with van der Waals surface area (Å²) >= 11 is 0. The molecule has 0 saturated heterocycles. The SMILES string of the molecule is CC(=O)c1ccc(NC(=O)C(C)OC(=O)c2ccccc2C(=O)N(C)c2ccccc2)cc1. The molecular weight excluding hydrogens is 420 g/mol. The van der Waals surface area contributed by atoms with E-state index in [-0.39, 0.29) is 22.8 Å². The van der Waals surface area contributed by atoms with Crippen LogP contribution >= 0.6 is 0 Å². The Morgan fingerprint density at radius 3 is 2.00 bits per heavy atom. The van der Waals surface area contributed by atoms with Crippen molar-refractivity contribution in [2.24, 2.45) is 0 Å². The first-order valence-corrected chi connectivity index (χ1v) is 10.3. The van der Waals surface area contributed by atoms with Crippen LogP contribution in [0.1, 0.15) is 44.9 Å². The number of nitrogens with zero attached hydrogens (tertiary/aromatic N) is 1. The van der Waals surface area contributed by atoms with Crippen molar-refractivity contribution < 1.29 is 23.9 Å². The molecular formula is C26H24N2O5. The van der Waals surface area contributed by atoms with Gasteiger partial charge in [-0.1, -0.05) is 30.3 Å². The van der Waals surface area contributed by atoms with Crippen LogP contribution in [0.15, 0.2) is 78.9 Å². The quantitative estimate of drug-likeness (QED) is 0.432. The number of amides is 2. The van der Waals surface area contributed by atoms with E-state index in [0.29, 0.717) is 16.9 Å². The predicted molar refractivity (Wildman–Crippen MR) is 126 cm³/mol. The number of hydrogen-bond acceptors (Lipinski definition) is 5. The number of anilines is 2. The van der Waals surface area contributed by atoms with Crippen LogP contribution in [0.4, 0.5) is 11.4 Å². The van der Waals surface area contributed by atoms with E-state index in [1.54, 1.807) is 61.6 Å². The summed E-state index contributed by atoms with van der Waals surface area (Å²) in [6, 6.07) is 21.7. The van der Waals surface area contributed by atoms with Crippen LogP contribution in [-0.4, -0.2) is 36.7 Å². The van der Waals surface area contributed by atoms with E-state index in [1.807, 2.05) is 18.2 Å². The number of para-hydroxylation sites is 1. The summed E-state index contributed by atoms with van der Waals surface area (Å²) in [7, 11) is 1.62. The van der Waals surface area contributed by atoms with Gasteiger partial charge in [0.2, 0.25) is 0 Å². The van der Waals surface area contributed by atoms with Gasteiger partial charge in [0.15, 0.2) is 11.9 Å². The number of ether oxygens (including phenoxy) is 1. The van der Waals surface area contributed by atoms with Gasteiger partial charge in [-0.25, -0.2) is 4.79 Å². The van der Waals surface area contributed by atoms with Crippen molar-refractivity contribution in [2.75, 3.05) is 17.3 Å². The molecule has 0 fully saturated rings. The summed E-state index contributed by atoms with van der Waals surface area (Å²) in [4.78, 5) is 51.1. The van der Waals surface area contributed by atoms with Gasteiger partial charge in [-0.2, -0.15) is 0 Å². The minimum absolute atomic E-state index is 0.0655. The van der Waals surface area contributed by atoms with E-state index in [0.717, 1.165) is 0 Å². The molecule has 0 aliphatic rings. The third kappa shape index (κ3) is 5.71. The van der Waals surface area contributed by atoms with Gasteiger partial charge in [-0.15, -0.1) is 0 Å². The highest BCUT2D eigenvalue weighted by atomic mass is 16.5. The lowest BCUT2D eigenvalue weighted by Gasteiger charge is -2.19. The largest absolute Gasteiger partial charge is 0.449 e. The average Bonchev–Trinajstić information content (AvgIpc) is 2.83. The molecule has 168 valence electrons. The van der Waals surface area contributed by atoms with Gasteiger partial charge in [0, 0.05) is 24.0 Å². The summed E-state index contributed by atoms with van der Waals surface area (Å²) in [5.41, 5.74) is 1.90. The van der Waals surface area contributed by atoms with Gasteiger partial charge in [-0.3, -0.25) is 14.4 Å². The highest BCUT2D eigenvalue weighted by Crippen LogP contribution is 2.19. The van der Waals surface area contributed by atoms with Crippen molar-refractivity contribution in [1.29, 1.82) is 0 Å². The molecule has 0 radical (unpaired) electrons. The smallest absolute Gasteiger partial charge is 0.339 e. The number of carbonyl (C=O) groups is 4. The molecule has 3 rings (SSSR count). The molecule has 3 aromatic rings. The highest BCUT2D eigenvalue weighted by molar-refractivity contribution is 6.12. The third-order valence-electron chi connectivity index (χ3n) is 5.04. The number of benzene rings is 3. The van der Waals surface area contributed by atoms with E-state index < -0.39 is 18.0 Å². The van der Waals surface area contributed by atoms with E-state index in [2.05, 4.69) is 5.32 Å². The van der Waals surface area contributed by atoms with E-state index >= 15 is 0 Å². The Morgan fingerprint density at radius 2 is 1.39 bits per heavy atom. The fraction of sp³-hybridized carbons (Fsp3) is 0.154. The van der Waals surface area contributed by atoms with Gasteiger partial charge in [0.1, 0.15) is 0 Å². The van der Waals surface area contributed by atoms with Crippen molar-refractivity contribution in [1.82, 2.24) is 0 Å². The molecule has 0 aliphatic heterocycles. The zero-order chi connectivity index (χ0) is 24.0. The van der Waals surface area contributed by atoms with Crippen LogP contribution < -0.4 is 10.2 Å². The van der Waals surface area contributed by atoms with Gasteiger partial charge >= 0.3 is 5.97 Å². The normalized spacial score (nSPS) is 11.2. The molecule has 1 atom stereocenters. The molecule has 1 unspecified atom stereocenters. The van der Waals surface area contributed by atoms with Crippen molar-refractivity contribution in [2.45, 2.75) is 20.0 Å². The Hall–Kier alpha value is -4.26. The van der Waals surface area contributed by atoms with Crippen molar-refractivity contribution in [3.8, 4) is 0 Å². The van der Waals surface area contributed by atoms with Crippen LogP contribution in [0, 0.1) is 0 Å². The van der Waals surface area contributed by atoms with Gasteiger partial charge in [0.05, 0.1) is 11.1 Å². The number of esters is 1. The Bertz CT molecular complexity index is 1170. The lowest BCUT2D eigenvalue weighted by Crippen LogP contribution is -2.32. The molecule has 0 heterocycles. The van der Waals surface area contributed by atoms with E-state index in [1.165, 1.54) is 24.8 Å². The number of carbonyl (C=O) groups excluding carboxylic acids is 4. The maximum atomic E-state index is 13.0. The minimum Gasteiger partial charge on any atom is -0.449 e.